The van der Waals surface area contributed by atoms with Crippen LogP contribution in [0.4, 0.5) is 0 Å². The summed E-state index contributed by atoms with van der Waals surface area (Å²) in [6, 6.07) is 23.8. The van der Waals surface area contributed by atoms with Gasteiger partial charge in [0.25, 0.3) is 0 Å². The smallest absolute Gasteiger partial charge is 0.304 e. The van der Waals surface area contributed by atoms with Gasteiger partial charge in [-0.1, -0.05) is 54.5 Å². The average Bonchev–Trinajstić information content (AvgIpc) is 3.27. The minimum Gasteiger partial charge on any atom is -0.489 e. The first-order valence-electron chi connectivity index (χ1n) is 13.1. The quantitative estimate of drug-likeness (QED) is 0.316. The first kappa shape index (κ1) is 28.4. The Labute approximate surface area is 231 Å². The van der Waals surface area contributed by atoms with E-state index in [0.29, 0.717) is 23.3 Å². The Morgan fingerprint density at radius 3 is 2.38 bits per heavy atom. The number of hydrogen-bond acceptors (Lipinski definition) is 5. The van der Waals surface area contributed by atoms with E-state index in [9.17, 15) is 13.2 Å². The van der Waals surface area contributed by atoms with Gasteiger partial charge in [-0.05, 0) is 73.2 Å². The van der Waals surface area contributed by atoms with Crippen molar-refractivity contribution in [3.05, 3.63) is 95.1 Å². The number of rotatable bonds is 10. The second kappa shape index (κ2) is 12.5. The van der Waals surface area contributed by atoms with Crippen molar-refractivity contribution in [1.29, 1.82) is 0 Å². The molecule has 1 saturated heterocycles. The molecule has 39 heavy (non-hydrogen) atoms. The summed E-state index contributed by atoms with van der Waals surface area (Å²) in [6.45, 7) is 5.18. The van der Waals surface area contributed by atoms with Crippen molar-refractivity contribution < 1.29 is 23.1 Å². The minimum absolute atomic E-state index is 0.0315. The predicted octanol–water partition coefficient (Wildman–Crippen LogP) is 5.98. The van der Waals surface area contributed by atoms with Crippen molar-refractivity contribution in [2.75, 3.05) is 6.26 Å². The Morgan fingerprint density at radius 2 is 1.74 bits per heavy atom. The molecule has 1 heterocycles. The Bertz CT molecular complexity index is 1450. The third-order valence-electron chi connectivity index (χ3n) is 7.26. The molecule has 0 spiro atoms. The second-order valence-electron chi connectivity index (χ2n) is 10.2. The normalized spacial score (nSPS) is 18.2. The number of aliphatic carboxylic acids is 1. The Hall–Kier alpha value is -3.60. The summed E-state index contributed by atoms with van der Waals surface area (Å²) < 4.78 is 29.7. The summed E-state index contributed by atoms with van der Waals surface area (Å²) in [5.74, 6) is 5.29. The van der Waals surface area contributed by atoms with Gasteiger partial charge in [0.15, 0.2) is 9.84 Å². The first-order valence-corrected chi connectivity index (χ1v) is 15.0. The number of carboxylic acids is 1. The van der Waals surface area contributed by atoms with Gasteiger partial charge in [0.05, 0.1) is 17.2 Å². The van der Waals surface area contributed by atoms with Gasteiger partial charge >= 0.3 is 5.97 Å². The molecule has 3 aromatic rings. The summed E-state index contributed by atoms with van der Waals surface area (Å²) in [6.07, 6.45) is 3.33. The molecule has 0 saturated carbocycles. The molecular formula is C32H35NO5S. The number of likely N-dealkylation sites (tertiary alicyclic amines) is 1. The van der Waals surface area contributed by atoms with E-state index < -0.39 is 15.8 Å². The fourth-order valence-electron chi connectivity index (χ4n) is 5.19. The van der Waals surface area contributed by atoms with Crippen LogP contribution in [0, 0.1) is 11.8 Å². The molecule has 0 radical (unpaired) electrons. The molecule has 0 aliphatic carbocycles. The number of ether oxygens (including phenoxy) is 1. The van der Waals surface area contributed by atoms with E-state index in [1.807, 2.05) is 48.5 Å². The van der Waals surface area contributed by atoms with Crippen molar-refractivity contribution in [2.24, 2.45) is 0 Å². The van der Waals surface area contributed by atoms with Crippen LogP contribution in [0.1, 0.15) is 67.3 Å². The maximum absolute atomic E-state index is 11.9. The third-order valence-corrected chi connectivity index (χ3v) is 8.39. The van der Waals surface area contributed by atoms with E-state index in [1.165, 1.54) is 11.8 Å². The maximum atomic E-state index is 11.9. The summed E-state index contributed by atoms with van der Waals surface area (Å²) in [7, 11) is -3.21. The zero-order valence-corrected chi connectivity index (χ0v) is 23.4. The van der Waals surface area contributed by atoms with Crippen molar-refractivity contribution >= 4 is 15.8 Å². The molecule has 0 bridgehead atoms. The zero-order chi connectivity index (χ0) is 28.0. The number of sulfone groups is 1. The molecule has 7 heteroatoms. The van der Waals surface area contributed by atoms with Gasteiger partial charge in [0.2, 0.25) is 0 Å². The lowest BCUT2D eigenvalue weighted by atomic mass is 9.96. The van der Waals surface area contributed by atoms with Gasteiger partial charge in [0.1, 0.15) is 12.4 Å². The molecule has 0 aromatic heterocycles. The van der Waals surface area contributed by atoms with Gasteiger partial charge in [-0.3, -0.25) is 9.69 Å². The van der Waals surface area contributed by atoms with Gasteiger partial charge in [-0.25, -0.2) is 8.42 Å². The summed E-state index contributed by atoms with van der Waals surface area (Å²) in [5.41, 5.74) is 4.28. The maximum Gasteiger partial charge on any atom is 0.304 e. The minimum atomic E-state index is -3.21. The highest BCUT2D eigenvalue weighted by Crippen LogP contribution is 2.37. The standard InChI is InChI=1S/C32H35NO5S/c1-4-6-28(20-32(34)35)26-10-14-29(15-11-26)38-22-25-8-5-7-24(19-25)21-33-23(2)9-18-31(33)27-12-16-30(17-13-27)39(3,36)37/h5,7-8,10-17,19,23,28,31H,9,18,20-22H2,1-3H3,(H,34,35)/t23?,28-,31?/m0/s1. The molecule has 1 N–H and O–H groups in total. The van der Waals surface area contributed by atoms with Crippen LogP contribution in [0.2, 0.25) is 0 Å². The van der Waals surface area contributed by atoms with Crippen LogP contribution in [-0.4, -0.2) is 36.7 Å². The molecular weight excluding hydrogens is 510 g/mol. The Morgan fingerprint density at radius 1 is 1.05 bits per heavy atom. The topological polar surface area (TPSA) is 83.9 Å². The monoisotopic (exact) mass is 545 g/mol. The molecule has 1 aliphatic rings. The molecule has 3 aromatic carbocycles. The molecule has 6 nitrogen and oxygen atoms in total. The van der Waals surface area contributed by atoms with Crippen molar-refractivity contribution in [1.82, 2.24) is 4.90 Å². The molecule has 1 aliphatic heterocycles. The van der Waals surface area contributed by atoms with E-state index in [-0.39, 0.29) is 18.4 Å². The lowest BCUT2D eigenvalue weighted by Crippen LogP contribution is -2.29. The highest BCUT2D eigenvalue weighted by Gasteiger charge is 2.31. The lowest BCUT2D eigenvalue weighted by Gasteiger charge is -2.29. The van der Waals surface area contributed by atoms with Gasteiger partial charge in [-0.15, -0.1) is 5.92 Å². The average molecular weight is 546 g/mol. The lowest BCUT2D eigenvalue weighted by molar-refractivity contribution is -0.137. The molecule has 4 rings (SSSR count). The zero-order valence-electron chi connectivity index (χ0n) is 22.6. The molecule has 204 valence electrons. The largest absolute Gasteiger partial charge is 0.489 e. The molecule has 0 amide bonds. The van der Waals surface area contributed by atoms with Crippen LogP contribution < -0.4 is 4.74 Å². The van der Waals surface area contributed by atoms with E-state index in [4.69, 9.17) is 9.84 Å². The van der Waals surface area contributed by atoms with E-state index in [1.54, 1.807) is 19.1 Å². The number of carbonyl (C=O) groups is 1. The number of nitrogens with zero attached hydrogens (tertiary/aromatic N) is 1. The molecule has 1 fully saturated rings. The van der Waals surface area contributed by atoms with Crippen molar-refractivity contribution in [2.45, 2.75) is 69.2 Å². The van der Waals surface area contributed by atoms with Crippen molar-refractivity contribution in [3.63, 3.8) is 0 Å². The van der Waals surface area contributed by atoms with Crippen LogP contribution in [0.25, 0.3) is 0 Å². The Kier molecular flexibility index (Phi) is 9.11. The van der Waals surface area contributed by atoms with Crippen molar-refractivity contribution in [3.8, 4) is 17.6 Å². The van der Waals surface area contributed by atoms with Gasteiger partial charge in [0, 0.05) is 24.9 Å². The molecule has 2 unspecified atom stereocenters. The van der Waals surface area contributed by atoms with Crippen LogP contribution in [0.15, 0.2) is 77.7 Å². The van der Waals surface area contributed by atoms with Crippen LogP contribution >= 0.6 is 0 Å². The number of benzene rings is 3. The summed E-state index contributed by atoms with van der Waals surface area (Å²) in [4.78, 5) is 14.0. The van der Waals surface area contributed by atoms with Gasteiger partial charge in [-0.2, -0.15) is 0 Å². The summed E-state index contributed by atoms with van der Waals surface area (Å²) >= 11 is 0. The highest BCUT2D eigenvalue weighted by atomic mass is 32.2. The van der Waals surface area contributed by atoms with Crippen LogP contribution in [0.5, 0.6) is 5.75 Å². The van der Waals surface area contributed by atoms with E-state index in [2.05, 4.69) is 35.8 Å². The number of carboxylic acid groups (broad SMARTS) is 1. The third kappa shape index (κ3) is 7.50. The van der Waals surface area contributed by atoms with E-state index >= 15 is 0 Å². The second-order valence-corrected chi connectivity index (χ2v) is 12.2. The van der Waals surface area contributed by atoms with Crippen LogP contribution in [0.3, 0.4) is 0 Å². The Balaban J connectivity index is 1.40. The highest BCUT2D eigenvalue weighted by molar-refractivity contribution is 7.90. The summed E-state index contributed by atoms with van der Waals surface area (Å²) in [5, 5.41) is 9.16. The van der Waals surface area contributed by atoms with Crippen LogP contribution in [-0.2, 0) is 27.8 Å². The molecule has 3 atom stereocenters. The predicted molar refractivity (Wildman–Crippen MR) is 152 cm³/mol. The van der Waals surface area contributed by atoms with E-state index in [0.717, 1.165) is 36.1 Å². The first-order chi connectivity index (χ1) is 18.6. The fourth-order valence-corrected chi connectivity index (χ4v) is 5.82. The fraction of sp³-hybridized carbons (Fsp3) is 0.344. The SMILES string of the molecule is CC#C[C@@H](CC(=O)O)c1ccc(OCc2cccc(CN3C(C)CCC3c3ccc(S(C)(=O)=O)cc3)c2)cc1. The van der Waals surface area contributed by atoms with Gasteiger partial charge < -0.3 is 9.84 Å². The number of hydrogen-bond donors (Lipinski definition) is 1.